The first kappa shape index (κ1) is 14.7. The lowest BCUT2D eigenvalue weighted by atomic mass is 10.1. The number of alkyl halides is 1. The van der Waals surface area contributed by atoms with Crippen molar-refractivity contribution in [2.75, 3.05) is 20.1 Å². The van der Waals surface area contributed by atoms with Gasteiger partial charge in [-0.2, -0.15) is 0 Å². The molecule has 0 amide bonds. The molecule has 114 valence electrons. The van der Waals surface area contributed by atoms with Gasteiger partial charge in [0.05, 0.1) is 10.9 Å². The van der Waals surface area contributed by atoms with Gasteiger partial charge in [-0.25, -0.2) is 13.8 Å². The minimum atomic E-state index is -0.846. The van der Waals surface area contributed by atoms with Crippen LogP contribution in [0, 0.1) is 11.6 Å². The molecule has 0 bridgehead atoms. The van der Waals surface area contributed by atoms with Crippen LogP contribution in [0.15, 0.2) is 12.1 Å². The van der Waals surface area contributed by atoms with Gasteiger partial charge < -0.3 is 9.47 Å². The lowest BCUT2D eigenvalue weighted by Crippen LogP contribution is -2.34. The first-order chi connectivity index (χ1) is 9.99. The fourth-order valence-corrected chi connectivity index (χ4v) is 3.30. The summed E-state index contributed by atoms with van der Waals surface area (Å²) in [5, 5.41) is -0.355. The van der Waals surface area contributed by atoms with Crippen LogP contribution >= 0.6 is 11.6 Å². The zero-order valence-corrected chi connectivity index (χ0v) is 12.9. The highest BCUT2D eigenvalue weighted by atomic mass is 35.5. The monoisotopic (exact) mass is 313 g/mol. The Labute approximate surface area is 127 Å². The predicted octanol–water partition coefficient (Wildman–Crippen LogP) is 3.88. The van der Waals surface area contributed by atoms with Gasteiger partial charge >= 0.3 is 0 Å². The molecule has 0 aliphatic carbocycles. The molecule has 1 aliphatic heterocycles. The zero-order chi connectivity index (χ0) is 15.1. The highest BCUT2D eigenvalue weighted by Gasteiger charge is 2.27. The third-order valence-corrected chi connectivity index (χ3v) is 4.29. The van der Waals surface area contributed by atoms with Crippen molar-refractivity contribution in [2.24, 2.45) is 0 Å². The molecule has 0 spiro atoms. The third-order valence-electron chi connectivity index (χ3n) is 4.09. The molecule has 2 heterocycles. The van der Waals surface area contributed by atoms with E-state index in [0.29, 0.717) is 11.3 Å². The molecule has 0 saturated carbocycles. The van der Waals surface area contributed by atoms with Gasteiger partial charge in [-0.3, -0.25) is 0 Å². The van der Waals surface area contributed by atoms with Gasteiger partial charge in [-0.15, -0.1) is 11.6 Å². The minimum absolute atomic E-state index is 0.0706. The molecule has 2 aromatic rings. The summed E-state index contributed by atoms with van der Waals surface area (Å²) in [6, 6.07) is 2.70. The Bertz CT molecular complexity index is 668. The second-order valence-electron chi connectivity index (χ2n) is 5.74. The smallest absolute Gasteiger partial charge is 0.184 e. The first-order valence-electron chi connectivity index (χ1n) is 7.17. The van der Waals surface area contributed by atoms with E-state index in [1.54, 1.807) is 11.5 Å². The quantitative estimate of drug-likeness (QED) is 0.785. The summed E-state index contributed by atoms with van der Waals surface area (Å²) in [5.41, 5.74) is 0.697. The Morgan fingerprint density at radius 3 is 2.81 bits per heavy atom. The number of likely N-dealkylation sites (N-methyl/N-ethyl adjacent to an activating group) is 1. The Balaban J connectivity index is 2.22. The molecule has 2 atom stereocenters. The fourth-order valence-electron chi connectivity index (χ4n) is 3.14. The second kappa shape index (κ2) is 5.54. The van der Waals surface area contributed by atoms with Crippen molar-refractivity contribution < 1.29 is 8.78 Å². The number of hydrogen-bond donors (Lipinski definition) is 0. The number of nitrogens with zero attached hydrogens (tertiary/aromatic N) is 3. The van der Waals surface area contributed by atoms with Crippen LogP contribution in [-0.2, 0) is 0 Å². The van der Waals surface area contributed by atoms with Gasteiger partial charge in [-0.1, -0.05) is 0 Å². The molecule has 3 rings (SSSR count). The van der Waals surface area contributed by atoms with Crippen molar-refractivity contribution in [3.63, 3.8) is 0 Å². The van der Waals surface area contributed by atoms with Crippen LogP contribution in [0.4, 0.5) is 8.78 Å². The molecule has 1 aliphatic rings. The van der Waals surface area contributed by atoms with Crippen LogP contribution in [0.5, 0.6) is 0 Å². The van der Waals surface area contributed by atoms with Crippen molar-refractivity contribution in [3.05, 3.63) is 29.6 Å². The Morgan fingerprint density at radius 1 is 1.38 bits per heavy atom. The second-order valence-corrected chi connectivity index (χ2v) is 6.40. The van der Waals surface area contributed by atoms with Crippen LogP contribution < -0.4 is 0 Å². The maximum atomic E-state index is 14.3. The zero-order valence-electron chi connectivity index (χ0n) is 12.1. The van der Waals surface area contributed by atoms with Gasteiger partial charge in [0.2, 0.25) is 0 Å². The predicted molar refractivity (Wildman–Crippen MR) is 79.7 cm³/mol. The maximum Gasteiger partial charge on any atom is 0.184 e. The molecule has 1 aromatic carbocycles. The van der Waals surface area contributed by atoms with E-state index in [9.17, 15) is 8.78 Å². The first-order valence-corrected chi connectivity index (χ1v) is 7.61. The molecule has 3 nitrogen and oxygen atoms in total. The summed E-state index contributed by atoms with van der Waals surface area (Å²) in [7, 11) is 2.03. The number of fused-ring (bicyclic) bond motifs is 1. The lowest BCUT2D eigenvalue weighted by Gasteiger charge is -2.32. The van der Waals surface area contributed by atoms with Gasteiger partial charge in [-0.05, 0) is 45.5 Å². The van der Waals surface area contributed by atoms with Crippen LogP contribution in [0.2, 0.25) is 0 Å². The molecule has 2 unspecified atom stereocenters. The summed E-state index contributed by atoms with van der Waals surface area (Å²) in [6.45, 7) is 3.61. The SMILES string of the molecule is CC(Cl)c1nc2ccc(F)c(F)c2n1C1CCCN(C)C1. The molecule has 21 heavy (non-hydrogen) atoms. The van der Waals surface area contributed by atoms with E-state index >= 15 is 0 Å². The number of imidazole rings is 1. The fraction of sp³-hybridized carbons (Fsp3) is 0.533. The number of halogens is 3. The van der Waals surface area contributed by atoms with E-state index in [1.165, 1.54) is 6.07 Å². The minimum Gasteiger partial charge on any atom is -0.320 e. The van der Waals surface area contributed by atoms with Crippen LogP contribution in [-0.4, -0.2) is 34.6 Å². The summed E-state index contributed by atoms with van der Waals surface area (Å²) < 4.78 is 29.7. The third kappa shape index (κ3) is 2.53. The number of aromatic nitrogens is 2. The van der Waals surface area contributed by atoms with Crippen molar-refractivity contribution in [2.45, 2.75) is 31.2 Å². The molecular weight excluding hydrogens is 296 g/mol. The number of piperidine rings is 1. The van der Waals surface area contributed by atoms with E-state index in [-0.39, 0.29) is 16.9 Å². The van der Waals surface area contributed by atoms with Gasteiger partial charge in [0.1, 0.15) is 11.3 Å². The highest BCUT2D eigenvalue weighted by molar-refractivity contribution is 6.20. The topological polar surface area (TPSA) is 21.1 Å². The Hall–Kier alpha value is -1.20. The number of hydrogen-bond acceptors (Lipinski definition) is 2. The largest absolute Gasteiger partial charge is 0.320 e. The Morgan fingerprint density at radius 2 is 2.14 bits per heavy atom. The highest BCUT2D eigenvalue weighted by Crippen LogP contribution is 2.33. The van der Waals surface area contributed by atoms with Gasteiger partial charge in [0.25, 0.3) is 0 Å². The summed E-state index contributed by atoms with van der Waals surface area (Å²) in [5.74, 6) is -1.07. The maximum absolute atomic E-state index is 14.3. The van der Waals surface area contributed by atoms with E-state index in [4.69, 9.17) is 11.6 Å². The molecular formula is C15H18ClF2N3. The molecule has 0 radical (unpaired) electrons. The standard InChI is InChI=1S/C15H18ClF2N3/c1-9(16)15-19-12-6-5-11(17)13(18)14(12)21(15)10-4-3-7-20(2)8-10/h5-6,9-10H,3-4,7-8H2,1-2H3. The van der Waals surface area contributed by atoms with E-state index in [1.807, 2.05) is 7.05 Å². The molecule has 1 aromatic heterocycles. The van der Waals surface area contributed by atoms with E-state index in [2.05, 4.69) is 9.88 Å². The summed E-state index contributed by atoms with van der Waals surface area (Å²) in [6.07, 6.45) is 1.94. The van der Waals surface area contributed by atoms with Crippen molar-refractivity contribution >= 4 is 22.6 Å². The summed E-state index contributed by atoms with van der Waals surface area (Å²) in [4.78, 5) is 6.61. The van der Waals surface area contributed by atoms with Gasteiger partial charge in [0.15, 0.2) is 11.6 Å². The van der Waals surface area contributed by atoms with Gasteiger partial charge in [0, 0.05) is 12.6 Å². The number of benzene rings is 1. The van der Waals surface area contributed by atoms with E-state index in [0.717, 1.165) is 32.0 Å². The van der Waals surface area contributed by atoms with E-state index < -0.39 is 11.6 Å². The Kier molecular flexibility index (Phi) is 3.88. The average molecular weight is 314 g/mol. The molecule has 0 N–H and O–H groups in total. The number of rotatable bonds is 2. The van der Waals surface area contributed by atoms with Crippen LogP contribution in [0.1, 0.15) is 37.0 Å². The van der Waals surface area contributed by atoms with Crippen molar-refractivity contribution in [1.82, 2.24) is 14.5 Å². The van der Waals surface area contributed by atoms with Crippen LogP contribution in [0.25, 0.3) is 11.0 Å². The molecule has 6 heteroatoms. The van der Waals surface area contributed by atoms with Crippen molar-refractivity contribution in [1.29, 1.82) is 0 Å². The average Bonchev–Trinajstić information content (AvgIpc) is 2.83. The summed E-state index contributed by atoms with van der Waals surface area (Å²) >= 11 is 6.21. The number of likely N-dealkylation sites (tertiary alicyclic amines) is 1. The van der Waals surface area contributed by atoms with Crippen molar-refractivity contribution in [3.8, 4) is 0 Å². The van der Waals surface area contributed by atoms with Crippen LogP contribution in [0.3, 0.4) is 0 Å². The lowest BCUT2D eigenvalue weighted by molar-refractivity contribution is 0.211. The normalized spacial score (nSPS) is 21.9. The molecule has 1 fully saturated rings. The molecule has 1 saturated heterocycles.